The fourth-order valence-electron chi connectivity index (χ4n) is 6.43. The Bertz CT molecular complexity index is 1560. The van der Waals surface area contributed by atoms with Crippen molar-refractivity contribution in [2.75, 3.05) is 11.9 Å². The number of urea groups is 1. The zero-order valence-corrected chi connectivity index (χ0v) is 22.6. The number of carbonyl (C=O) groups excluding carboxylic acids is 1. The Hall–Kier alpha value is -4.26. The summed E-state index contributed by atoms with van der Waals surface area (Å²) in [5.41, 5.74) is 7.70. The Morgan fingerprint density at radius 3 is 2.58 bits per heavy atom. The van der Waals surface area contributed by atoms with Gasteiger partial charge in [-0.15, -0.1) is 0 Å². The van der Waals surface area contributed by atoms with Crippen molar-refractivity contribution in [1.29, 1.82) is 0 Å². The smallest absolute Gasteiger partial charge is 0.322 e. The molecule has 0 saturated heterocycles. The first-order valence-electron chi connectivity index (χ1n) is 13.8. The highest BCUT2D eigenvalue weighted by Gasteiger charge is 2.37. The number of hydrogen-bond acceptors (Lipinski definition) is 2. The molecule has 40 heavy (non-hydrogen) atoms. The van der Waals surface area contributed by atoms with Gasteiger partial charge in [-0.1, -0.05) is 54.5 Å². The van der Waals surface area contributed by atoms with Crippen molar-refractivity contribution in [1.82, 2.24) is 15.1 Å². The molecule has 4 aromatic rings. The first-order chi connectivity index (χ1) is 19.4. The van der Waals surface area contributed by atoms with E-state index in [-0.39, 0.29) is 29.6 Å². The van der Waals surface area contributed by atoms with Gasteiger partial charge in [0, 0.05) is 30.6 Å². The first-order valence-corrected chi connectivity index (χ1v) is 13.8. The molecule has 0 fully saturated rings. The first kappa shape index (κ1) is 26.0. The normalized spacial score (nSPS) is 18.7. The molecule has 6 rings (SSSR count). The third kappa shape index (κ3) is 4.92. The molecule has 1 unspecified atom stereocenters. The number of nitrogens with one attached hydrogen (secondary N) is 1. The average Bonchev–Trinajstić information content (AvgIpc) is 3.58. The summed E-state index contributed by atoms with van der Waals surface area (Å²) < 4.78 is 29.3. The van der Waals surface area contributed by atoms with Crippen LogP contribution in [0.15, 0.2) is 96.2 Å². The second-order valence-corrected chi connectivity index (χ2v) is 10.8. The van der Waals surface area contributed by atoms with E-state index in [4.69, 9.17) is 0 Å². The maximum absolute atomic E-state index is 13.8. The van der Waals surface area contributed by atoms with E-state index in [2.05, 4.69) is 17.3 Å². The predicted molar refractivity (Wildman–Crippen MR) is 153 cm³/mol. The summed E-state index contributed by atoms with van der Waals surface area (Å²) in [7, 11) is 1.66. The van der Waals surface area contributed by atoms with Crippen molar-refractivity contribution in [2.24, 2.45) is 5.92 Å². The van der Waals surface area contributed by atoms with E-state index in [1.807, 2.05) is 41.2 Å². The SMILES string of the molecule is C[C@@H]1C2=C(CC[C@@H]2CC(NC(=O)N(C)c2cccc(F)c2)c2ccccc2)Cc2c1cnn2-c1ccc(F)cc1. The van der Waals surface area contributed by atoms with Crippen LogP contribution in [0, 0.1) is 17.6 Å². The van der Waals surface area contributed by atoms with E-state index in [0.717, 1.165) is 36.9 Å². The Kier molecular flexibility index (Phi) is 6.96. The number of carbonyl (C=O) groups is 1. The van der Waals surface area contributed by atoms with Gasteiger partial charge in [-0.25, -0.2) is 18.3 Å². The molecule has 1 N–H and O–H groups in total. The molecular formula is C33H32F2N4O. The van der Waals surface area contributed by atoms with Crippen LogP contribution in [-0.4, -0.2) is 22.9 Å². The third-order valence-corrected chi connectivity index (χ3v) is 8.45. The minimum atomic E-state index is -0.379. The van der Waals surface area contributed by atoms with Gasteiger partial charge in [-0.2, -0.15) is 5.10 Å². The van der Waals surface area contributed by atoms with Crippen LogP contribution in [0.1, 0.15) is 55.0 Å². The van der Waals surface area contributed by atoms with E-state index >= 15 is 0 Å². The second-order valence-electron chi connectivity index (χ2n) is 10.8. The van der Waals surface area contributed by atoms with Crippen molar-refractivity contribution < 1.29 is 13.6 Å². The van der Waals surface area contributed by atoms with Crippen LogP contribution in [0.3, 0.4) is 0 Å². The molecule has 204 valence electrons. The van der Waals surface area contributed by atoms with Crippen molar-refractivity contribution in [3.8, 4) is 5.69 Å². The minimum absolute atomic E-state index is 0.197. The van der Waals surface area contributed by atoms with Gasteiger partial charge in [0.25, 0.3) is 0 Å². The summed E-state index contributed by atoms with van der Waals surface area (Å²) in [6, 6.07) is 22.1. The minimum Gasteiger partial charge on any atom is -0.331 e. The van der Waals surface area contributed by atoms with Crippen LogP contribution in [0.4, 0.5) is 19.3 Å². The Labute approximate surface area is 233 Å². The fourth-order valence-corrected chi connectivity index (χ4v) is 6.43. The quantitative estimate of drug-likeness (QED) is 0.259. The van der Waals surface area contributed by atoms with Gasteiger partial charge in [0.15, 0.2) is 0 Å². The standard InChI is InChI=1S/C33H32F2N4O/c1-21-29-20-36-39(27-15-13-25(34)14-16-27)31(29)18-24-12-11-23(32(21)24)17-30(22-7-4-3-5-8-22)37-33(40)38(2)28-10-6-9-26(35)19-28/h3-10,13-16,19-21,23,30H,11-12,17-18H2,1-2H3,(H,37,40)/t21-,23+,30?/m0/s1. The van der Waals surface area contributed by atoms with E-state index in [1.165, 1.54) is 51.6 Å². The topological polar surface area (TPSA) is 50.2 Å². The molecule has 0 saturated carbocycles. The zero-order valence-electron chi connectivity index (χ0n) is 22.6. The summed E-state index contributed by atoms with van der Waals surface area (Å²) in [6.07, 6.45) is 5.59. The van der Waals surface area contributed by atoms with Crippen LogP contribution < -0.4 is 10.2 Å². The number of aromatic nitrogens is 2. The van der Waals surface area contributed by atoms with Gasteiger partial charge in [0.2, 0.25) is 0 Å². The number of anilines is 1. The molecule has 0 spiro atoms. The lowest BCUT2D eigenvalue weighted by Crippen LogP contribution is -2.40. The number of allylic oxidation sites excluding steroid dienone is 2. The number of fused-ring (bicyclic) bond motifs is 1. The molecule has 5 nitrogen and oxygen atoms in total. The van der Waals surface area contributed by atoms with Crippen LogP contribution >= 0.6 is 0 Å². The third-order valence-electron chi connectivity index (χ3n) is 8.45. The second kappa shape index (κ2) is 10.7. The summed E-state index contributed by atoms with van der Waals surface area (Å²) in [5.74, 6) is -0.112. The molecule has 1 aromatic heterocycles. The average molecular weight is 539 g/mol. The van der Waals surface area contributed by atoms with E-state index < -0.39 is 0 Å². The summed E-state index contributed by atoms with van der Waals surface area (Å²) in [5, 5.41) is 7.91. The summed E-state index contributed by atoms with van der Waals surface area (Å²) in [6.45, 7) is 2.25. The lowest BCUT2D eigenvalue weighted by Gasteiger charge is -2.30. The summed E-state index contributed by atoms with van der Waals surface area (Å²) >= 11 is 0. The lowest BCUT2D eigenvalue weighted by atomic mass is 9.78. The number of nitrogens with zero attached hydrogens (tertiary/aromatic N) is 3. The number of amides is 2. The van der Waals surface area contributed by atoms with Crippen molar-refractivity contribution in [3.05, 3.63) is 125 Å². The van der Waals surface area contributed by atoms with Gasteiger partial charge >= 0.3 is 6.03 Å². The molecule has 3 atom stereocenters. The molecule has 1 heterocycles. The molecule has 0 bridgehead atoms. The van der Waals surface area contributed by atoms with E-state index in [1.54, 1.807) is 31.3 Å². The summed E-state index contributed by atoms with van der Waals surface area (Å²) in [4.78, 5) is 14.8. The molecule has 2 amide bonds. The highest BCUT2D eigenvalue weighted by atomic mass is 19.1. The van der Waals surface area contributed by atoms with Gasteiger partial charge < -0.3 is 5.32 Å². The Balaban J connectivity index is 1.25. The molecular weight excluding hydrogens is 506 g/mol. The molecule has 7 heteroatoms. The lowest BCUT2D eigenvalue weighted by molar-refractivity contribution is 0.241. The van der Waals surface area contributed by atoms with Gasteiger partial charge in [-0.3, -0.25) is 4.90 Å². The van der Waals surface area contributed by atoms with Crippen LogP contribution in [0.25, 0.3) is 5.69 Å². The van der Waals surface area contributed by atoms with Crippen LogP contribution in [-0.2, 0) is 6.42 Å². The molecule has 2 aliphatic rings. The van der Waals surface area contributed by atoms with Crippen molar-refractivity contribution in [3.63, 3.8) is 0 Å². The molecule has 0 aliphatic heterocycles. The van der Waals surface area contributed by atoms with Gasteiger partial charge in [-0.05, 0) is 73.2 Å². The monoisotopic (exact) mass is 538 g/mol. The largest absolute Gasteiger partial charge is 0.331 e. The predicted octanol–water partition coefficient (Wildman–Crippen LogP) is 7.49. The fraction of sp³-hybridized carbons (Fsp3) is 0.273. The maximum atomic E-state index is 13.8. The molecule has 3 aromatic carbocycles. The number of halogens is 2. The Morgan fingerprint density at radius 2 is 1.82 bits per heavy atom. The number of rotatable bonds is 6. The van der Waals surface area contributed by atoms with E-state index in [0.29, 0.717) is 11.6 Å². The highest BCUT2D eigenvalue weighted by Crippen LogP contribution is 2.49. The Morgan fingerprint density at radius 1 is 1.05 bits per heavy atom. The van der Waals surface area contributed by atoms with Gasteiger partial charge in [0.1, 0.15) is 11.6 Å². The van der Waals surface area contributed by atoms with Crippen LogP contribution in [0.2, 0.25) is 0 Å². The van der Waals surface area contributed by atoms with Crippen LogP contribution in [0.5, 0.6) is 0 Å². The van der Waals surface area contributed by atoms with Crippen molar-refractivity contribution >= 4 is 11.7 Å². The maximum Gasteiger partial charge on any atom is 0.322 e. The number of hydrogen-bond donors (Lipinski definition) is 1. The highest BCUT2D eigenvalue weighted by molar-refractivity contribution is 5.91. The van der Waals surface area contributed by atoms with Gasteiger partial charge in [0.05, 0.1) is 23.6 Å². The molecule has 2 aliphatic carbocycles. The van der Waals surface area contributed by atoms with E-state index in [9.17, 15) is 13.6 Å². The molecule has 0 radical (unpaired) electrons. The number of benzene rings is 3. The zero-order chi connectivity index (χ0) is 27.8. The van der Waals surface area contributed by atoms with Crippen molar-refractivity contribution in [2.45, 2.75) is 44.6 Å².